The molecule has 3 saturated heterocycles. The molecule has 3 fully saturated rings. The van der Waals surface area contributed by atoms with Crippen LogP contribution >= 0.6 is 0 Å². The van der Waals surface area contributed by atoms with Crippen molar-refractivity contribution < 1.29 is 32.6 Å². The number of aryl methyl sites for hydroxylation is 1. The van der Waals surface area contributed by atoms with Crippen molar-refractivity contribution in [2.45, 2.75) is 76.5 Å². The van der Waals surface area contributed by atoms with Crippen molar-refractivity contribution in [3.8, 4) is 0 Å². The minimum absolute atomic E-state index is 0.0130. The number of carbonyl (C=O) groups is 2. The lowest BCUT2D eigenvalue weighted by Crippen LogP contribution is -2.50. The largest absolute Gasteiger partial charge is 0.422 e. The number of ether oxygens (including phenoxy) is 3. The van der Waals surface area contributed by atoms with Crippen LogP contribution in [0, 0.1) is 12.7 Å². The summed E-state index contributed by atoms with van der Waals surface area (Å²) in [5, 5.41) is 0. The molecule has 3 aliphatic rings. The lowest BCUT2D eigenvalue weighted by Gasteiger charge is -2.39. The van der Waals surface area contributed by atoms with Crippen LogP contribution in [0.25, 0.3) is 0 Å². The second-order valence-corrected chi connectivity index (χ2v) is 9.54. The number of halogens is 2. The minimum atomic E-state index is -1.70. The molecule has 13 heteroatoms. The Kier molecular flexibility index (Phi) is 6.90. The summed E-state index contributed by atoms with van der Waals surface area (Å²) in [4.78, 5) is 53.8. The molecule has 11 nitrogen and oxygen atoms in total. The predicted octanol–water partition coefficient (Wildman–Crippen LogP) is 0.959. The molecule has 0 spiro atoms. The molecule has 1 aromatic heterocycles. The van der Waals surface area contributed by atoms with Gasteiger partial charge in [-0.1, -0.05) is 12.1 Å². The van der Waals surface area contributed by atoms with E-state index in [-0.39, 0.29) is 36.4 Å². The summed E-state index contributed by atoms with van der Waals surface area (Å²) in [6, 6.07) is 6.44. The summed E-state index contributed by atoms with van der Waals surface area (Å²) in [5.41, 5.74) is -1.20. The van der Waals surface area contributed by atoms with Crippen LogP contribution in [-0.4, -0.2) is 61.9 Å². The average Bonchev–Trinajstić information content (AvgIpc) is 3.27. The zero-order valence-corrected chi connectivity index (χ0v) is 20.0. The molecule has 1 aromatic carbocycles. The number of piperidine rings is 1. The highest BCUT2D eigenvalue weighted by Crippen LogP contribution is 2.37. The van der Waals surface area contributed by atoms with E-state index in [0.29, 0.717) is 24.0 Å². The molecular formula is C24H26F2N4O7. The standard InChI is InChI=1S/C24H26F2N4O7/c1-13-27-22(33)29(23(34)30(13)24-36-20(31)21(32)37-24)11-16(26)10-28-17-5-6-18(28)9-19(8-17)35-12-14-3-2-4-15(25)7-14/h2-4,7,16-19,24H,5-6,8-12H2,1H3/t16-,17-,18-/m0/s1. The van der Waals surface area contributed by atoms with E-state index >= 15 is 4.39 Å². The van der Waals surface area contributed by atoms with Gasteiger partial charge >= 0.3 is 29.7 Å². The summed E-state index contributed by atoms with van der Waals surface area (Å²) in [6.45, 7) is 1.06. The number of hydrogen-bond acceptors (Lipinski definition) is 9. The first-order chi connectivity index (χ1) is 17.7. The number of aromatic nitrogens is 3. The van der Waals surface area contributed by atoms with Crippen LogP contribution < -0.4 is 11.4 Å². The average molecular weight is 520 g/mol. The molecule has 2 aromatic rings. The first kappa shape index (κ1) is 25.2. The molecule has 0 radical (unpaired) electrons. The van der Waals surface area contributed by atoms with Gasteiger partial charge in [-0.3, -0.25) is 4.90 Å². The number of alkyl halides is 1. The summed E-state index contributed by atoms with van der Waals surface area (Å²) in [6.07, 6.45) is -0.116. The highest BCUT2D eigenvalue weighted by atomic mass is 19.1. The van der Waals surface area contributed by atoms with Gasteiger partial charge in [0.25, 0.3) is 0 Å². The first-order valence-corrected chi connectivity index (χ1v) is 12.1. The summed E-state index contributed by atoms with van der Waals surface area (Å²) in [7, 11) is 0. The molecule has 0 N–H and O–H groups in total. The van der Waals surface area contributed by atoms with Crippen LogP contribution in [0.2, 0.25) is 0 Å². The Hall–Kier alpha value is -3.45. The fourth-order valence-corrected chi connectivity index (χ4v) is 5.39. The second-order valence-electron chi connectivity index (χ2n) is 9.54. The van der Waals surface area contributed by atoms with Gasteiger partial charge in [0, 0.05) is 18.6 Å². The molecule has 5 rings (SSSR count). The van der Waals surface area contributed by atoms with Gasteiger partial charge in [-0.15, -0.1) is 0 Å². The molecule has 2 bridgehead atoms. The number of cyclic esters (lactones) is 2. The van der Waals surface area contributed by atoms with Gasteiger partial charge in [-0.25, -0.2) is 37.1 Å². The van der Waals surface area contributed by atoms with Crippen LogP contribution in [0.15, 0.2) is 33.9 Å². The van der Waals surface area contributed by atoms with Crippen molar-refractivity contribution in [3.63, 3.8) is 0 Å². The zero-order valence-electron chi connectivity index (χ0n) is 20.0. The van der Waals surface area contributed by atoms with Gasteiger partial charge in [-0.05, 0) is 50.3 Å². The number of fused-ring (bicyclic) bond motifs is 2. The van der Waals surface area contributed by atoms with E-state index in [1.54, 1.807) is 12.1 Å². The van der Waals surface area contributed by atoms with Gasteiger partial charge in [0.05, 0.1) is 19.3 Å². The van der Waals surface area contributed by atoms with Crippen molar-refractivity contribution in [2.75, 3.05) is 6.54 Å². The summed E-state index contributed by atoms with van der Waals surface area (Å²) in [5.74, 6) is -3.02. The molecular weight excluding hydrogens is 494 g/mol. The maximum Gasteiger partial charge on any atom is 0.422 e. The van der Waals surface area contributed by atoms with Crippen LogP contribution in [0.4, 0.5) is 8.78 Å². The Morgan fingerprint density at radius 3 is 2.41 bits per heavy atom. The number of benzene rings is 1. The maximum absolute atomic E-state index is 15.2. The van der Waals surface area contributed by atoms with Crippen molar-refractivity contribution in [1.82, 2.24) is 19.0 Å². The van der Waals surface area contributed by atoms with Gasteiger partial charge < -0.3 is 14.2 Å². The molecule has 0 amide bonds. The second kappa shape index (κ2) is 10.1. The van der Waals surface area contributed by atoms with E-state index < -0.39 is 42.4 Å². The highest BCUT2D eigenvalue weighted by Gasteiger charge is 2.42. The van der Waals surface area contributed by atoms with E-state index in [2.05, 4.69) is 9.88 Å². The third kappa shape index (κ3) is 5.18. The van der Waals surface area contributed by atoms with Crippen molar-refractivity contribution in [3.05, 3.63) is 62.4 Å². The van der Waals surface area contributed by atoms with E-state index in [1.807, 2.05) is 0 Å². The van der Waals surface area contributed by atoms with Crippen LogP contribution in [0.3, 0.4) is 0 Å². The maximum atomic E-state index is 15.2. The quantitative estimate of drug-likeness (QED) is 0.370. The summed E-state index contributed by atoms with van der Waals surface area (Å²) >= 11 is 0. The Morgan fingerprint density at radius 1 is 1.08 bits per heavy atom. The Bertz CT molecular complexity index is 1300. The van der Waals surface area contributed by atoms with E-state index in [9.17, 15) is 23.6 Å². The van der Waals surface area contributed by atoms with Crippen molar-refractivity contribution >= 4 is 11.9 Å². The van der Waals surface area contributed by atoms with Gasteiger partial charge in [0.15, 0.2) is 0 Å². The first-order valence-electron chi connectivity index (χ1n) is 12.1. The van der Waals surface area contributed by atoms with Crippen molar-refractivity contribution in [1.29, 1.82) is 0 Å². The van der Waals surface area contributed by atoms with Crippen LogP contribution in [-0.2, 0) is 37.0 Å². The summed E-state index contributed by atoms with van der Waals surface area (Å²) < 4.78 is 45.4. The van der Waals surface area contributed by atoms with Crippen LogP contribution in [0.1, 0.15) is 43.5 Å². The molecule has 198 valence electrons. The molecule has 0 saturated carbocycles. The zero-order chi connectivity index (χ0) is 26.3. The Balaban J connectivity index is 1.22. The highest BCUT2D eigenvalue weighted by molar-refractivity contribution is 6.30. The topological polar surface area (TPSA) is 122 Å². The van der Waals surface area contributed by atoms with Gasteiger partial charge in [-0.2, -0.15) is 4.98 Å². The number of rotatable bonds is 8. The Morgan fingerprint density at radius 2 is 1.76 bits per heavy atom. The third-order valence-electron chi connectivity index (χ3n) is 7.07. The van der Waals surface area contributed by atoms with Crippen molar-refractivity contribution in [2.24, 2.45) is 0 Å². The fraction of sp³-hybridized carbons (Fsp3) is 0.542. The molecule has 0 unspecified atom stereocenters. The molecule has 3 atom stereocenters. The smallest absolute Gasteiger partial charge is 0.397 e. The normalized spacial score (nSPS) is 24.8. The molecule has 4 heterocycles. The fourth-order valence-electron chi connectivity index (χ4n) is 5.39. The minimum Gasteiger partial charge on any atom is -0.397 e. The van der Waals surface area contributed by atoms with Gasteiger partial charge in [0.1, 0.15) is 17.8 Å². The monoisotopic (exact) mass is 520 g/mol. The number of esters is 2. The van der Waals surface area contributed by atoms with Gasteiger partial charge in [0.2, 0.25) is 0 Å². The number of nitrogens with zero attached hydrogens (tertiary/aromatic N) is 4. The lowest BCUT2D eigenvalue weighted by atomic mass is 9.99. The third-order valence-corrected chi connectivity index (χ3v) is 7.07. The van der Waals surface area contributed by atoms with Crippen LogP contribution in [0.5, 0.6) is 0 Å². The Labute approximate surface area is 209 Å². The lowest BCUT2D eigenvalue weighted by molar-refractivity contribution is -0.155. The number of carbonyl (C=O) groups excluding carboxylic acids is 2. The number of hydrogen-bond donors (Lipinski definition) is 0. The SMILES string of the molecule is Cc1nc(=O)n(C[C@@H](F)CN2[C@H]3CC[C@H]2CC(OCc2cccc(F)c2)C3)c(=O)n1C1OC(=O)C(=O)O1. The molecule has 0 aliphatic carbocycles. The molecule has 37 heavy (non-hydrogen) atoms. The van der Waals surface area contributed by atoms with E-state index in [4.69, 9.17) is 14.2 Å². The van der Waals surface area contributed by atoms with E-state index in [0.717, 1.165) is 23.0 Å². The predicted molar refractivity (Wildman–Crippen MR) is 121 cm³/mol. The van der Waals surface area contributed by atoms with E-state index in [1.165, 1.54) is 19.1 Å². The molecule has 3 aliphatic heterocycles.